The van der Waals surface area contributed by atoms with Gasteiger partial charge in [0.25, 0.3) is 11.8 Å². The maximum Gasteiger partial charge on any atom is 0.312 e. The molecule has 4 fully saturated rings. The van der Waals surface area contributed by atoms with Gasteiger partial charge < -0.3 is 9.84 Å². The number of esters is 1. The normalized spacial score (nSPS) is 33.8. The molecule has 0 saturated heterocycles. The van der Waals surface area contributed by atoms with Crippen LogP contribution in [0, 0.1) is 17.3 Å². The second kappa shape index (κ2) is 6.88. The van der Waals surface area contributed by atoms with Gasteiger partial charge >= 0.3 is 5.97 Å². The Morgan fingerprint density at radius 2 is 1.71 bits per heavy atom. The number of ether oxygens (including phenoxy) is 1. The number of nitrogens with one attached hydrogen (secondary N) is 2. The third kappa shape index (κ3) is 3.51. The molecule has 1 aromatic carbocycles. The third-order valence-electron chi connectivity index (χ3n) is 6.45. The first-order valence-corrected chi connectivity index (χ1v) is 9.87. The van der Waals surface area contributed by atoms with Crippen LogP contribution in [-0.4, -0.2) is 34.6 Å². The minimum absolute atomic E-state index is 0.355. The Hall–Kier alpha value is -2.41. The SMILES string of the molecule is C[C@H](OC(=O)C12C[C@@H]3C[C@@H](CC(O)(C3)C1)C2)C(=O)NNC(=O)c1ccccc1. The Labute approximate surface area is 163 Å². The summed E-state index contributed by atoms with van der Waals surface area (Å²) in [5, 5.41) is 10.8. The molecule has 5 atom stereocenters. The van der Waals surface area contributed by atoms with E-state index in [-0.39, 0.29) is 0 Å². The van der Waals surface area contributed by atoms with E-state index in [4.69, 9.17) is 4.74 Å². The Kier molecular flexibility index (Phi) is 4.65. The van der Waals surface area contributed by atoms with Crippen molar-refractivity contribution in [3.63, 3.8) is 0 Å². The highest BCUT2D eigenvalue weighted by Crippen LogP contribution is 2.62. The number of carbonyl (C=O) groups excluding carboxylic acids is 3. The van der Waals surface area contributed by atoms with Crippen molar-refractivity contribution < 1.29 is 24.2 Å². The van der Waals surface area contributed by atoms with Crippen molar-refractivity contribution in [3.8, 4) is 0 Å². The number of aliphatic hydroxyl groups is 1. The topological polar surface area (TPSA) is 105 Å². The first-order chi connectivity index (χ1) is 13.3. The summed E-state index contributed by atoms with van der Waals surface area (Å²) in [5.74, 6) is -0.741. The second-order valence-corrected chi connectivity index (χ2v) is 8.82. The van der Waals surface area contributed by atoms with Gasteiger partial charge in [0.2, 0.25) is 0 Å². The summed E-state index contributed by atoms with van der Waals surface area (Å²) >= 11 is 0. The van der Waals surface area contributed by atoms with Gasteiger partial charge in [0.1, 0.15) is 0 Å². The van der Waals surface area contributed by atoms with Gasteiger partial charge in [-0.25, -0.2) is 0 Å². The summed E-state index contributed by atoms with van der Waals surface area (Å²) in [6, 6.07) is 8.49. The van der Waals surface area contributed by atoms with Crippen molar-refractivity contribution in [2.24, 2.45) is 17.3 Å². The van der Waals surface area contributed by atoms with Gasteiger partial charge in [-0.1, -0.05) is 18.2 Å². The first kappa shape index (κ1) is 18.9. The van der Waals surface area contributed by atoms with Gasteiger partial charge in [-0.3, -0.25) is 25.2 Å². The van der Waals surface area contributed by atoms with Gasteiger partial charge in [-0.2, -0.15) is 0 Å². The zero-order valence-corrected chi connectivity index (χ0v) is 15.9. The molecule has 0 aliphatic heterocycles. The lowest BCUT2D eigenvalue weighted by Crippen LogP contribution is -2.59. The molecule has 0 heterocycles. The fraction of sp³-hybridized carbons (Fsp3) is 0.571. The molecular formula is C21H26N2O5. The molecule has 4 saturated carbocycles. The number of hydrogen-bond acceptors (Lipinski definition) is 5. The molecule has 0 spiro atoms. The van der Waals surface area contributed by atoms with E-state index in [0.717, 1.165) is 32.1 Å². The Balaban J connectivity index is 1.33. The van der Waals surface area contributed by atoms with Gasteiger partial charge in [-0.15, -0.1) is 0 Å². The number of rotatable bonds is 4. The highest BCUT2D eigenvalue weighted by molar-refractivity contribution is 5.96. The van der Waals surface area contributed by atoms with Gasteiger partial charge in [0.15, 0.2) is 6.10 Å². The van der Waals surface area contributed by atoms with E-state index < -0.39 is 34.9 Å². The number of hydrogen-bond donors (Lipinski definition) is 3. The van der Waals surface area contributed by atoms with Crippen LogP contribution in [-0.2, 0) is 14.3 Å². The number of amides is 2. The number of hydrazine groups is 1. The minimum Gasteiger partial charge on any atom is -0.452 e. The molecule has 4 aliphatic carbocycles. The number of benzene rings is 1. The Bertz CT molecular complexity index is 779. The van der Waals surface area contributed by atoms with E-state index in [1.807, 2.05) is 0 Å². The number of carbonyl (C=O) groups is 3. The zero-order chi connectivity index (χ0) is 19.9. The summed E-state index contributed by atoms with van der Waals surface area (Å²) in [5.41, 5.74) is 3.59. The molecule has 1 aromatic rings. The largest absolute Gasteiger partial charge is 0.452 e. The molecule has 0 aromatic heterocycles. The maximum atomic E-state index is 12.9. The lowest BCUT2D eigenvalue weighted by molar-refractivity contribution is -0.200. The van der Waals surface area contributed by atoms with Crippen LogP contribution in [0.1, 0.15) is 55.8 Å². The molecular weight excluding hydrogens is 360 g/mol. The smallest absolute Gasteiger partial charge is 0.312 e. The van der Waals surface area contributed by atoms with E-state index >= 15 is 0 Å². The summed E-state index contributed by atoms with van der Waals surface area (Å²) in [6.07, 6.45) is 3.43. The van der Waals surface area contributed by atoms with Crippen molar-refractivity contribution in [2.45, 2.75) is 57.2 Å². The fourth-order valence-corrected chi connectivity index (χ4v) is 5.67. The average Bonchev–Trinajstić information content (AvgIpc) is 2.64. The van der Waals surface area contributed by atoms with Gasteiger partial charge in [-0.05, 0) is 69.4 Å². The van der Waals surface area contributed by atoms with E-state index in [1.165, 1.54) is 6.92 Å². The lowest BCUT2D eigenvalue weighted by atomic mass is 9.48. The van der Waals surface area contributed by atoms with E-state index in [9.17, 15) is 19.5 Å². The molecule has 5 rings (SSSR count). The van der Waals surface area contributed by atoms with E-state index in [2.05, 4.69) is 10.9 Å². The second-order valence-electron chi connectivity index (χ2n) is 8.82. The van der Waals surface area contributed by atoms with E-state index in [1.54, 1.807) is 30.3 Å². The van der Waals surface area contributed by atoms with Crippen LogP contribution in [0.15, 0.2) is 30.3 Å². The Morgan fingerprint density at radius 1 is 1.07 bits per heavy atom. The third-order valence-corrected chi connectivity index (χ3v) is 6.45. The molecule has 3 N–H and O–H groups in total. The van der Waals surface area contributed by atoms with Crippen LogP contribution in [0.3, 0.4) is 0 Å². The summed E-state index contributed by atoms with van der Waals surface area (Å²) < 4.78 is 5.47. The van der Waals surface area contributed by atoms with Crippen molar-refractivity contribution in [1.29, 1.82) is 0 Å². The molecule has 4 bridgehead atoms. The zero-order valence-electron chi connectivity index (χ0n) is 15.9. The van der Waals surface area contributed by atoms with Crippen LogP contribution in [0.4, 0.5) is 0 Å². The molecule has 28 heavy (non-hydrogen) atoms. The molecule has 2 unspecified atom stereocenters. The predicted octanol–water partition coefficient (Wildman–Crippen LogP) is 1.71. The van der Waals surface area contributed by atoms with Crippen LogP contribution in [0.5, 0.6) is 0 Å². The average molecular weight is 386 g/mol. The van der Waals surface area contributed by atoms with Gasteiger partial charge in [0.05, 0.1) is 11.0 Å². The van der Waals surface area contributed by atoms with Crippen molar-refractivity contribution in [3.05, 3.63) is 35.9 Å². The minimum atomic E-state index is -1.04. The summed E-state index contributed by atoms with van der Waals surface area (Å²) in [4.78, 5) is 37.2. The van der Waals surface area contributed by atoms with Crippen LogP contribution >= 0.6 is 0 Å². The predicted molar refractivity (Wildman–Crippen MR) is 99.7 cm³/mol. The molecule has 150 valence electrons. The highest BCUT2D eigenvalue weighted by atomic mass is 16.5. The lowest BCUT2D eigenvalue weighted by Gasteiger charge is -2.58. The van der Waals surface area contributed by atoms with Crippen LogP contribution < -0.4 is 10.9 Å². The Morgan fingerprint density at radius 3 is 2.32 bits per heavy atom. The standard InChI is InChI=1S/C21H26N2O5/c1-13(17(24)22-23-18(25)16-5-3-2-4-6-16)28-19(26)20-8-14-7-15(9-20)11-21(27,10-14)12-20/h2-6,13-15,27H,7-12H2,1H3,(H,22,24)(H,23,25)/t13-,14-,15+,20?,21?/m0/s1. The molecule has 0 radical (unpaired) electrons. The van der Waals surface area contributed by atoms with Crippen LogP contribution in [0.25, 0.3) is 0 Å². The quantitative estimate of drug-likeness (QED) is 0.540. The summed E-state index contributed by atoms with van der Waals surface area (Å²) in [7, 11) is 0. The monoisotopic (exact) mass is 386 g/mol. The molecule has 2 amide bonds. The van der Waals surface area contributed by atoms with Crippen molar-refractivity contribution in [1.82, 2.24) is 10.9 Å². The first-order valence-electron chi connectivity index (χ1n) is 9.87. The maximum absolute atomic E-state index is 12.9. The fourth-order valence-electron chi connectivity index (χ4n) is 5.67. The van der Waals surface area contributed by atoms with E-state index in [0.29, 0.717) is 23.8 Å². The van der Waals surface area contributed by atoms with Crippen molar-refractivity contribution in [2.75, 3.05) is 0 Å². The molecule has 4 aliphatic rings. The molecule has 7 heteroatoms. The molecule has 7 nitrogen and oxygen atoms in total. The highest BCUT2D eigenvalue weighted by Gasteiger charge is 2.61. The van der Waals surface area contributed by atoms with Gasteiger partial charge in [0, 0.05) is 5.56 Å². The van der Waals surface area contributed by atoms with Crippen LogP contribution in [0.2, 0.25) is 0 Å². The summed E-state index contributed by atoms with van der Waals surface area (Å²) in [6.45, 7) is 1.48. The van der Waals surface area contributed by atoms with Crippen molar-refractivity contribution >= 4 is 17.8 Å².